The van der Waals surface area contributed by atoms with E-state index in [0.29, 0.717) is 10.2 Å². The summed E-state index contributed by atoms with van der Waals surface area (Å²) in [6.45, 7) is 2.02. The summed E-state index contributed by atoms with van der Waals surface area (Å²) in [6.07, 6.45) is 0. The van der Waals surface area contributed by atoms with Crippen LogP contribution in [0.15, 0.2) is 22.7 Å². The molecule has 0 amide bonds. The Morgan fingerprint density at radius 1 is 1.62 bits per heavy atom. The second-order valence-corrected chi connectivity index (χ2v) is 5.53. The summed E-state index contributed by atoms with van der Waals surface area (Å²) in [5, 5.41) is 19.7. The first-order chi connectivity index (χ1) is 7.56. The summed E-state index contributed by atoms with van der Waals surface area (Å²) < 4.78 is 0.526. The van der Waals surface area contributed by atoms with E-state index in [9.17, 15) is 10.1 Å². The standard InChI is InChI=1S/C10H12BrNO3S/c1-7(5-13)16-6-8-3-2-4-9(10(8)11)12(14)15/h2-4,7,13H,5-6H2,1H3. The Morgan fingerprint density at radius 3 is 2.88 bits per heavy atom. The maximum absolute atomic E-state index is 10.7. The molecule has 16 heavy (non-hydrogen) atoms. The van der Waals surface area contributed by atoms with Gasteiger partial charge in [-0.25, -0.2) is 0 Å². The number of hydrogen-bond donors (Lipinski definition) is 1. The van der Waals surface area contributed by atoms with E-state index in [2.05, 4.69) is 15.9 Å². The number of thioether (sulfide) groups is 1. The van der Waals surface area contributed by atoms with Crippen molar-refractivity contribution in [1.29, 1.82) is 0 Å². The molecule has 0 aliphatic heterocycles. The van der Waals surface area contributed by atoms with Gasteiger partial charge < -0.3 is 5.11 Å². The molecule has 0 aromatic heterocycles. The van der Waals surface area contributed by atoms with Crippen LogP contribution in [-0.2, 0) is 5.75 Å². The summed E-state index contributed by atoms with van der Waals surface area (Å²) in [4.78, 5) is 10.3. The van der Waals surface area contributed by atoms with Gasteiger partial charge in [-0.1, -0.05) is 19.1 Å². The van der Waals surface area contributed by atoms with Crippen LogP contribution in [0.25, 0.3) is 0 Å². The molecule has 0 saturated carbocycles. The van der Waals surface area contributed by atoms with Crippen molar-refractivity contribution in [1.82, 2.24) is 0 Å². The Labute approximate surface area is 106 Å². The molecule has 0 bridgehead atoms. The van der Waals surface area contributed by atoms with Crippen molar-refractivity contribution in [3.63, 3.8) is 0 Å². The van der Waals surface area contributed by atoms with Gasteiger partial charge in [0, 0.05) is 17.1 Å². The first-order valence-corrected chi connectivity index (χ1v) is 6.54. The fourth-order valence-electron chi connectivity index (χ4n) is 1.10. The average molecular weight is 306 g/mol. The zero-order valence-electron chi connectivity index (χ0n) is 8.72. The normalized spacial score (nSPS) is 12.4. The molecule has 0 saturated heterocycles. The van der Waals surface area contributed by atoms with E-state index < -0.39 is 4.92 Å². The minimum Gasteiger partial charge on any atom is -0.395 e. The zero-order valence-corrected chi connectivity index (χ0v) is 11.1. The van der Waals surface area contributed by atoms with Crippen LogP contribution in [0, 0.1) is 10.1 Å². The van der Waals surface area contributed by atoms with Crippen LogP contribution in [0.3, 0.4) is 0 Å². The molecule has 0 radical (unpaired) electrons. The summed E-state index contributed by atoms with van der Waals surface area (Å²) in [5.74, 6) is 0.643. The van der Waals surface area contributed by atoms with E-state index in [4.69, 9.17) is 5.11 Å². The molecule has 0 spiro atoms. The highest BCUT2D eigenvalue weighted by Crippen LogP contribution is 2.31. The number of aliphatic hydroxyl groups is 1. The van der Waals surface area contributed by atoms with Crippen molar-refractivity contribution in [2.75, 3.05) is 6.61 Å². The fourth-order valence-corrected chi connectivity index (χ4v) is 2.65. The molecule has 0 aliphatic rings. The number of nitro benzene ring substituents is 1. The third-order valence-corrected chi connectivity index (χ3v) is 4.15. The lowest BCUT2D eigenvalue weighted by Gasteiger charge is -2.08. The van der Waals surface area contributed by atoms with Crippen molar-refractivity contribution in [2.24, 2.45) is 0 Å². The summed E-state index contributed by atoms with van der Waals surface area (Å²) in [5.41, 5.74) is 0.953. The van der Waals surface area contributed by atoms with Gasteiger partial charge >= 0.3 is 0 Å². The van der Waals surface area contributed by atoms with Crippen LogP contribution in [0.1, 0.15) is 12.5 Å². The lowest BCUT2D eigenvalue weighted by Crippen LogP contribution is -2.02. The van der Waals surface area contributed by atoms with E-state index in [-0.39, 0.29) is 17.5 Å². The molecule has 0 heterocycles. The van der Waals surface area contributed by atoms with E-state index >= 15 is 0 Å². The topological polar surface area (TPSA) is 63.4 Å². The zero-order chi connectivity index (χ0) is 12.1. The van der Waals surface area contributed by atoms with Crippen molar-refractivity contribution >= 4 is 33.4 Å². The Balaban J connectivity index is 2.81. The van der Waals surface area contributed by atoms with Gasteiger partial charge in [-0.2, -0.15) is 11.8 Å². The van der Waals surface area contributed by atoms with Crippen LogP contribution in [0.4, 0.5) is 5.69 Å². The van der Waals surface area contributed by atoms with Crippen molar-refractivity contribution in [2.45, 2.75) is 17.9 Å². The van der Waals surface area contributed by atoms with E-state index in [1.807, 2.05) is 13.0 Å². The quantitative estimate of drug-likeness (QED) is 0.671. The van der Waals surface area contributed by atoms with Crippen LogP contribution < -0.4 is 0 Å². The van der Waals surface area contributed by atoms with Gasteiger partial charge in [-0.05, 0) is 21.5 Å². The largest absolute Gasteiger partial charge is 0.395 e. The number of benzene rings is 1. The molecule has 6 heteroatoms. The fraction of sp³-hybridized carbons (Fsp3) is 0.400. The SMILES string of the molecule is CC(CO)SCc1cccc([N+](=O)[O-])c1Br. The smallest absolute Gasteiger partial charge is 0.283 e. The third kappa shape index (κ3) is 3.47. The van der Waals surface area contributed by atoms with Gasteiger partial charge in [0.1, 0.15) is 0 Å². The Bertz CT molecular complexity index is 386. The molecular weight excluding hydrogens is 294 g/mol. The molecule has 0 fully saturated rings. The predicted octanol–water partition coefficient (Wildman–Crippen LogP) is 2.97. The highest BCUT2D eigenvalue weighted by Gasteiger charge is 2.15. The minimum absolute atomic E-state index is 0.0785. The highest BCUT2D eigenvalue weighted by molar-refractivity contribution is 9.10. The molecule has 1 rings (SSSR count). The Kier molecular flexibility index (Phi) is 5.24. The van der Waals surface area contributed by atoms with E-state index in [0.717, 1.165) is 5.56 Å². The summed E-state index contributed by atoms with van der Waals surface area (Å²) in [6, 6.07) is 4.98. The molecule has 1 aromatic rings. The molecular formula is C10H12BrNO3S. The first kappa shape index (κ1) is 13.5. The van der Waals surface area contributed by atoms with Gasteiger partial charge in [-0.3, -0.25) is 10.1 Å². The maximum Gasteiger partial charge on any atom is 0.283 e. The van der Waals surface area contributed by atoms with Crippen molar-refractivity contribution in [3.05, 3.63) is 38.3 Å². The first-order valence-electron chi connectivity index (χ1n) is 4.70. The predicted molar refractivity (Wildman–Crippen MR) is 68.6 cm³/mol. The summed E-state index contributed by atoms with van der Waals surface area (Å²) in [7, 11) is 0. The Hall–Kier alpha value is -0.590. The van der Waals surface area contributed by atoms with Gasteiger partial charge in [0.25, 0.3) is 5.69 Å². The number of aliphatic hydroxyl groups excluding tert-OH is 1. The highest BCUT2D eigenvalue weighted by atomic mass is 79.9. The van der Waals surface area contributed by atoms with Crippen LogP contribution >= 0.6 is 27.7 Å². The van der Waals surface area contributed by atoms with Crippen LogP contribution in [0.2, 0.25) is 0 Å². The molecule has 88 valence electrons. The third-order valence-electron chi connectivity index (χ3n) is 2.04. The number of nitrogens with zero attached hydrogens (tertiary/aromatic N) is 1. The second-order valence-electron chi connectivity index (χ2n) is 3.31. The number of rotatable bonds is 5. The van der Waals surface area contributed by atoms with Crippen LogP contribution in [-0.4, -0.2) is 21.9 Å². The van der Waals surface area contributed by atoms with E-state index in [1.54, 1.807) is 17.8 Å². The summed E-state index contributed by atoms with van der Waals surface area (Å²) >= 11 is 4.80. The monoisotopic (exact) mass is 305 g/mol. The van der Waals surface area contributed by atoms with Crippen molar-refractivity contribution in [3.8, 4) is 0 Å². The number of halogens is 1. The van der Waals surface area contributed by atoms with Crippen molar-refractivity contribution < 1.29 is 10.0 Å². The second kappa shape index (κ2) is 6.22. The molecule has 0 aliphatic carbocycles. The number of hydrogen-bond acceptors (Lipinski definition) is 4. The molecule has 1 N–H and O–H groups in total. The lowest BCUT2D eigenvalue weighted by atomic mass is 10.2. The molecule has 1 aromatic carbocycles. The van der Waals surface area contributed by atoms with Crippen LogP contribution in [0.5, 0.6) is 0 Å². The molecule has 1 unspecified atom stereocenters. The van der Waals surface area contributed by atoms with Gasteiger partial charge in [0.05, 0.1) is 16.0 Å². The lowest BCUT2D eigenvalue weighted by molar-refractivity contribution is -0.385. The Morgan fingerprint density at radius 2 is 2.31 bits per heavy atom. The maximum atomic E-state index is 10.7. The number of nitro groups is 1. The molecule has 4 nitrogen and oxygen atoms in total. The average Bonchev–Trinajstić information content (AvgIpc) is 2.26. The van der Waals surface area contributed by atoms with Gasteiger partial charge in [0.15, 0.2) is 0 Å². The van der Waals surface area contributed by atoms with Gasteiger partial charge in [0.2, 0.25) is 0 Å². The van der Waals surface area contributed by atoms with E-state index in [1.165, 1.54) is 6.07 Å². The molecule has 1 atom stereocenters. The minimum atomic E-state index is -0.409. The van der Waals surface area contributed by atoms with Gasteiger partial charge in [-0.15, -0.1) is 0 Å².